The van der Waals surface area contributed by atoms with Crippen LogP contribution in [0.15, 0.2) is 18.2 Å². The molecule has 1 N–H and O–H groups in total. The number of carboxylic acid groups (broad SMARTS) is 1. The molecule has 1 unspecified atom stereocenters. The van der Waals surface area contributed by atoms with Crippen molar-refractivity contribution in [3.05, 3.63) is 29.3 Å². The Morgan fingerprint density at radius 3 is 2.88 bits per heavy atom. The van der Waals surface area contributed by atoms with Crippen LogP contribution in [0, 0.1) is 0 Å². The summed E-state index contributed by atoms with van der Waals surface area (Å²) < 4.78 is 5.61. The molecule has 0 bridgehead atoms. The van der Waals surface area contributed by atoms with E-state index in [2.05, 4.69) is 0 Å². The van der Waals surface area contributed by atoms with E-state index >= 15 is 0 Å². The molecule has 84 valence electrons. The maximum absolute atomic E-state index is 11.2. The zero-order chi connectivity index (χ0) is 11.3. The molecule has 1 aliphatic heterocycles. The van der Waals surface area contributed by atoms with Gasteiger partial charge >= 0.3 is 5.97 Å². The fourth-order valence-electron chi connectivity index (χ4n) is 2.47. The second-order valence-corrected chi connectivity index (χ2v) is 4.84. The SMILES string of the molecule is CC1Cc2cc(C3(C(=O)O)CC3)ccc2O1. The van der Waals surface area contributed by atoms with E-state index < -0.39 is 11.4 Å². The van der Waals surface area contributed by atoms with Gasteiger partial charge in [-0.2, -0.15) is 0 Å². The maximum atomic E-state index is 11.2. The Kier molecular flexibility index (Phi) is 1.82. The van der Waals surface area contributed by atoms with E-state index in [9.17, 15) is 9.90 Å². The minimum atomic E-state index is -0.695. The Bertz CT molecular complexity index is 460. The van der Waals surface area contributed by atoms with Crippen LogP contribution in [-0.4, -0.2) is 17.2 Å². The Hall–Kier alpha value is -1.51. The summed E-state index contributed by atoms with van der Waals surface area (Å²) in [5.41, 5.74) is 1.50. The summed E-state index contributed by atoms with van der Waals surface area (Å²) in [7, 11) is 0. The van der Waals surface area contributed by atoms with E-state index in [1.165, 1.54) is 0 Å². The van der Waals surface area contributed by atoms with Gasteiger partial charge in [0.05, 0.1) is 5.41 Å². The maximum Gasteiger partial charge on any atom is 0.314 e. The van der Waals surface area contributed by atoms with Gasteiger partial charge < -0.3 is 9.84 Å². The lowest BCUT2D eigenvalue weighted by Crippen LogP contribution is -2.19. The Morgan fingerprint density at radius 2 is 2.25 bits per heavy atom. The number of fused-ring (bicyclic) bond motifs is 1. The highest BCUT2D eigenvalue weighted by molar-refractivity contribution is 5.85. The smallest absolute Gasteiger partial charge is 0.314 e. The molecule has 3 rings (SSSR count). The molecule has 1 heterocycles. The standard InChI is InChI=1S/C13H14O3/c1-8-6-9-7-10(2-3-11(9)16-8)13(4-5-13)12(14)15/h2-3,7-8H,4-6H2,1H3,(H,14,15). The number of ether oxygens (including phenoxy) is 1. The van der Waals surface area contributed by atoms with Crippen LogP contribution in [0.4, 0.5) is 0 Å². The summed E-state index contributed by atoms with van der Waals surface area (Å²) in [6, 6.07) is 5.83. The number of benzene rings is 1. The first-order chi connectivity index (χ1) is 7.62. The molecule has 1 atom stereocenters. The van der Waals surface area contributed by atoms with Gasteiger partial charge in [0.1, 0.15) is 11.9 Å². The third kappa shape index (κ3) is 1.24. The molecule has 0 amide bonds. The molecular weight excluding hydrogens is 204 g/mol. The number of carboxylic acids is 1. The Labute approximate surface area is 94.0 Å². The minimum Gasteiger partial charge on any atom is -0.490 e. The molecule has 0 radical (unpaired) electrons. The van der Waals surface area contributed by atoms with Crippen LogP contribution in [0.25, 0.3) is 0 Å². The summed E-state index contributed by atoms with van der Waals surface area (Å²) in [5.74, 6) is 0.219. The average Bonchev–Trinajstić information content (AvgIpc) is 2.95. The lowest BCUT2D eigenvalue weighted by molar-refractivity contribution is -0.140. The molecule has 3 heteroatoms. The van der Waals surface area contributed by atoms with Gasteiger partial charge in [-0.05, 0) is 37.0 Å². The van der Waals surface area contributed by atoms with E-state index in [0.29, 0.717) is 0 Å². The summed E-state index contributed by atoms with van der Waals surface area (Å²) in [6.45, 7) is 2.03. The quantitative estimate of drug-likeness (QED) is 0.827. The third-order valence-corrected chi connectivity index (χ3v) is 3.61. The molecule has 0 aromatic heterocycles. The van der Waals surface area contributed by atoms with Crippen LogP contribution in [0.5, 0.6) is 5.75 Å². The van der Waals surface area contributed by atoms with E-state index in [1.54, 1.807) is 0 Å². The van der Waals surface area contributed by atoms with Gasteiger partial charge in [-0.3, -0.25) is 4.79 Å². The van der Waals surface area contributed by atoms with Crippen molar-refractivity contribution in [2.45, 2.75) is 37.7 Å². The fourth-order valence-corrected chi connectivity index (χ4v) is 2.47. The van der Waals surface area contributed by atoms with Crippen molar-refractivity contribution >= 4 is 5.97 Å². The van der Waals surface area contributed by atoms with Gasteiger partial charge in [0.25, 0.3) is 0 Å². The zero-order valence-electron chi connectivity index (χ0n) is 9.19. The van der Waals surface area contributed by atoms with Crippen molar-refractivity contribution in [1.29, 1.82) is 0 Å². The normalized spacial score (nSPS) is 24.7. The van der Waals surface area contributed by atoms with Gasteiger partial charge in [-0.25, -0.2) is 0 Å². The van der Waals surface area contributed by atoms with Crippen molar-refractivity contribution in [2.24, 2.45) is 0 Å². The predicted molar refractivity (Wildman–Crippen MR) is 58.8 cm³/mol. The third-order valence-electron chi connectivity index (χ3n) is 3.61. The number of carbonyl (C=O) groups is 1. The van der Waals surface area contributed by atoms with Crippen LogP contribution in [0.3, 0.4) is 0 Å². The van der Waals surface area contributed by atoms with Crippen LogP contribution in [0.1, 0.15) is 30.9 Å². The summed E-state index contributed by atoms with van der Waals surface area (Å²) in [4.78, 5) is 11.2. The number of aliphatic carboxylic acids is 1. The highest BCUT2D eigenvalue weighted by atomic mass is 16.5. The van der Waals surface area contributed by atoms with Crippen molar-refractivity contribution in [1.82, 2.24) is 0 Å². The second kappa shape index (κ2) is 3.00. The van der Waals surface area contributed by atoms with Crippen molar-refractivity contribution < 1.29 is 14.6 Å². The number of hydrogen-bond acceptors (Lipinski definition) is 2. The predicted octanol–water partition coefficient (Wildman–Crippen LogP) is 2.13. The largest absolute Gasteiger partial charge is 0.490 e. The van der Waals surface area contributed by atoms with Crippen LogP contribution in [0.2, 0.25) is 0 Å². The summed E-state index contributed by atoms with van der Waals surface area (Å²) >= 11 is 0. The van der Waals surface area contributed by atoms with E-state index in [-0.39, 0.29) is 6.10 Å². The lowest BCUT2D eigenvalue weighted by atomic mass is 9.93. The molecule has 1 aromatic carbocycles. The monoisotopic (exact) mass is 218 g/mol. The van der Waals surface area contributed by atoms with Crippen molar-refractivity contribution in [3.8, 4) is 5.75 Å². The van der Waals surface area contributed by atoms with Crippen LogP contribution < -0.4 is 4.74 Å². The van der Waals surface area contributed by atoms with E-state index in [4.69, 9.17) is 4.74 Å². The molecule has 1 saturated carbocycles. The lowest BCUT2D eigenvalue weighted by Gasteiger charge is -2.11. The molecule has 3 nitrogen and oxygen atoms in total. The Morgan fingerprint density at radius 1 is 1.50 bits per heavy atom. The van der Waals surface area contributed by atoms with Crippen LogP contribution in [-0.2, 0) is 16.6 Å². The van der Waals surface area contributed by atoms with E-state index in [0.717, 1.165) is 36.1 Å². The number of rotatable bonds is 2. The van der Waals surface area contributed by atoms with Gasteiger partial charge in [0.2, 0.25) is 0 Å². The molecule has 1 aromatic rings. The van der Waals surface area contributed by atoms with Gasteiger partial charge in [0.15, 0.2) is 0 Å². The van der Waals surface area contributed by atoms with Crippen molar-refractivity contribution in [2.75, 3.05) is 0 Å². The summed E-state index contributed by atoms with van der Waals surface area (Å²) in [5, 5.41) is 9.23. The molecule has 2 aliphatic rings. The molecule has 1 aliphatic carbocycles. The molecule has 1 fully saturated rings. The minimum absolute atomic E-state index is 0.213. The van der Waals surface area contributed by atoms with Gasteiger partial charge in [0, 0.05) is 6.42 Å². The zero-order valence-corrected chi connectivity index (χ0v) is 9.19. The number of hydrogen-bond donors (Lipinski definition) is 1. The Balaban J connectivity index is 2.00. The topological polar surface area (TPSA) is 46.5 Å². The first kappa shape index (κ1) is 9.70. The molecule has 0 saturated heterocycles. The first-order valence-electron chi connectivity index (χ1n) is 5.65. The average molecular weight is 218 g/mol. The highest BCUT2D eigenvalue weighted by Gasteiger charge is 2.52. The molecular formula is C13H14O3. The fraction of sp³-hybridized carbons (Fsp3) is 0.462. The molecule has 16 heavy (non-hydrogen) atoms. The highest BCUT2D eigenvalue weighted by Crippen LogP contribution is 2.49. The van der Waals surface area contributed by atoms with Crippen LogP contribution >= 0.6 is 0 Å². The van der Waals surface area contributed by atoms with Gasteiger partial charge in [-0.15, -0.1) is 0 Å². The molecule has 0 spiro atoms. The van der Waals surface area contributed by atoms with Crippen molar-refractivity contribution in [3.63, 3.8) is 0 Å². The van der Waals surface area contributed by atoms with Gasteiger partial charge in [-0.1, -0.05) is 12.1 Å². The second-order valence-electron chi connectivity index (χ2n) is 4.84. The first-order valence-corrected chi connectivity index (χ1v) is 5.65. The van der Waals surface area contributed by atoms with E-state index in [1.807, 2.05) is 25.1 Å². The summed E-state index contributed by atoms with van der Waals surface area (Å²) in [6.07, 6.45) is 2.62.